The van der Waals surface area contributed by atoms with Crippen LogP contribution in [0.3, 0.4) is 0 Å². The quantitative estimate of drug-likeness (QED) is 0.571. The molecule has 4 unspecified atom stereocenters. The molecule has 0 spiro atoms. The van der Waals surface area contributed by atoms with E-state index in [0.717, 1.165) is 4.90 Å². The number of hydrogen-bond donors (Lipinski definition) is 0. The van der Waals surface area contributed by atoms with Gasteiger partial charge >= 0.3 is 6.03 Å². The number of hydrogen-bond acceptors (Lipinski definition) is 6. The van der Waals surface area contributed by atoms with E-state index >= 15 is 0 Å². The van der Waals surface area contributed by atoms with Gasteiger partial charge in [0.1, 0.15) is 5.75 Å². The first kappa shape index (κ1) is 19.8. The van der Waals surface area contributed by atoms with Crippen LogP contribution < -0.4 is 4.74 Å². The van der Waals surface area contributed by atoms with Gasteiger partial charge in [0.2, 0.25) is 11.9 Å². The predicted octanol–water partition coefficient (Wildman–Crippen LogP) is 1.39. The number of rotatable bonds is 4. The Balaban J connectivity index is 2.22. The number of methoxy groups -OCH3 is 1. The van der Waals surface area contributed by atoms with Crippen LogP contribution in [0.5, 0.6) is 5.75 Å². The van der Waals surface area contributed by atoms with Crippen LogP contribution in [0.4, 0.5) is 4.79 Å². The van der Waals surface area contributed by atoms with Gasteiger partial charge in [-0.1, -0.05) is 12.1 Å². The van der Waals surface area contributed by atoms with Gasteiger partial charge in [0.05, 0.1) is 25.0 Å². The second kappa shape index (κ2) is 7.23. The highest BCUT2D eigenvalue weighted by Gasteiger charge is 2.55. The van der Waals surface area contributed by atoms with E-state index in [1.807, 2.05) is 0 Å². The number of urea groups is 1. The second-order valence-corrected chi connectivity index (χ2v) is 7.34. The van der Waals surface area contributed by atoms with Gasteiger partial charge in [0, 0.05) is 24.7 Å². The average Bonchev–Trinajstić information content (AvgIpc) is 2.68. The highest BCUT2D eigenvalue weighted by molar-refractivity contribution is 6.01. The summed E-state index contributed by atoms with van der Waals surface area (Å²) < 4.78 is 5.18. The van der Waals surface area contributed by atoms with Gasteiger partial charge in [-0.15, -0.1) is 0 Å². The van der Waals surface area contributed by atoms with Crippen LogP contribution in [0.15, 0.2) is 36.0 Å². The lowest BCUT2D eigenvalue weighted by molar-refractivity contribution is -0.534. The van der Waals surface area contributed by atoms with Gasteiger partial charge in [0.15, 0.2) is 0 Å². The smallest absolute Gasteiger partial charge is 0.330 e. The van der Waals surface area contributed by atoms with Crippen molar-refractivity contribution in [3.05, 3.63) is 51.7 Å². The molecule has 1 fully saturated rings. The SMILES string of the molecule is COc1ccc(C2C3C(=O)N(C)C(=O)N(C)C3=CC(N(C)C)C2[N+](=O)[O-])cc1. The van der Waals surface area contributed by atoms with Crippen LogP contribution >= 0.6 is 0 Å². The summed E-state index contributed by atoms with van der Waals surface area (Å²) in [6, 6.07) is 4.88. The number of nitrogens with zero attached hydrogens (tertiary/aromatic N) is 4. The highest BCUT2D eigenvalue weighted by Crippen LogP contribution is 2.45. The molecule has 1 aromatic carbocycles. The molecule has 1 heterocycles. The summed E-state index contributed by atoms with van der Waals surface area (Å²) in [4.78, 5) is 41.4. The molecule has 1 aliphatic heterocycles. The number of carbonyl (C=O) groups is 2. The third kappa shape index (κ3) is 3.01. The number of carbonyl (C=O) groups excluding carboxylic acids is 2. The van der Waals surface area contributed by atoms with Crippen LogP contribution in [0.1, 0.15) is 11.5 Å². The maximum atomic E-state index is 13.0. The first-order valence-electron chi connectivity index (χ1n) is 8.89. The molecule has 0 aromatic heterocycles. The van der Waals surface area contributed by atoms with Gasteiger partial charge in [-0.05, 0) is 37.9 Å². The zero-order valence-electron chi connectivity index (χ0n) is 16.5. The lowest BCUT2D eigenvalue weighted by Gasteiger charge is -2.46. The summed E-state index contributed by atoms with van der Waals surface area (Å²) in [5, 5.41) is 12.1. The zero-order valence-corrected chi connectivity index (χ0v) is 16.5. The first-order valence-corrected chi connectivity index (χ1v) is 8.89. The van der Waals surface area contributed by atoms with E-state index in [1.54, 1.807) is 63.5 Å². The fourth-order valence-electron chi connectivity index (χ4n) is 4.14. The van der Waals surface area contributed by atoms with Crippen LogP contribution in [-0.4, -0.2) is 78.9 Å². The van der Waals surface area contributed by atoms with Crippen molar-refractivity contribution in [1.29, 1.82) is 0 Å². The summed E-state index contributed by atoms with van der Waals surface area (Å²) in [5.74, 6) is -1.35. The van der Waals surface area contributed by atoms with Gasteiger partial charge in [-0.2, -0.15) is 0 Å². The predicted molar refractivity (Wildman–Crippen MR) is 101 cm³/mol. The molecule has 150 valence electrons. The monoisotopic (exact) mass is 388 g/mol. The van der Waals surface area contributed by atoms with Gasteiger partial charge in [-0.25, -0.2) is 4.79 Å². The lowest BCUT2D eigenvalue weighted by Crippen LogP contribution is -2.60. The molecule has 9 nitrogen and oxygen atoms in total. The Bertz CT molecular complexity index is 835. The van der Waals surface area contributed by atoms with Gasteiger partial charge in [0.25, 0.3) is 0 Å². The van der Waals surface area contributed by atoms with Crippen molar-refractivity contribution in [1.82, 2.24) is 14.7 Å². The Morgan fingerprint density at radius 3 is 2.21 bits per heavy atom. The molecule has 28 heavy (non-hydrogen) atoms. The van der Waals surface area contributed by atoms with Crippen LogP contribution in [0, 0.1) is 16.0 Å². The molecule has 0 N–H and O–H groups in total. The molecular weight excluding hydrogens is 364 g/mol. The number of fused-ring (bicyclic) bond motifs is 1. The molecule has 4 atom stereocenters. The van der Waals surface area contributed by atoms with Crippen LogP contribution in [-0.2, 0) is 4.79 Å². The number of ether oxygens (including phenoxy) is 1. The van der Waals surface area contributed by atoms with E-state index in [1.165, 1.54) is 11.9 Å². The standard InChI is InChI=1S/C19H24N4O5/c1-20(2)14-10-13-16(18(24)22(4)19(25)21(13)3)15(17(14)23(26)27)11-6-8-12(28-5)9-7-11/h6-10,14-17H,1-5H3. The Labute approximate surface area is 163 Å². The second-order valence-electron chi connectivity index (χ2n) is 7.34. The van der Waals surface area contributed by atoms with Crippen molar-refractivity contribution in [3.63, 3.8) is 0 Å². The van der Waals surface area contributed by atoms with Crippen molar-refractivity contribution in [3.8, 4) is 5.75 Å². The van der Waals surface area contributed by atoms with E-state index in [2.05, 4.69) is 0 Å². The molecule has 0 saturated carbocycles. The van der Waals surface area contributed by atoms with Crippen molar-refractivity contribution in [2.24, 2.45) is 5.92 Å². The molecule has 3 amide bonds. The van der Waals surface area contributed by atoms with Gasteiger partial charge < -0.3 is 9.64 Å². The minimum Gasteiger partial charge on any atom is -0.497 e. The number of nitro groups is 1. The number of benzene rings is 1. The molecule has 1 aliphatic carbocycles. The maximum Gasteiger partial charge on any atom is 0.330 e. The number of likely N-dealkylation sites (N-methyl/N-ethyl adjacent to an activating group) is 1. The third-order valence-corrected chi connectivity index (χ3v) is 5.64. The third-order valence-electron chi connectivity index (χ3n) is 5.64. The fraction of sp³-hybridized carbons (Fsp3) is 0.474. The first-order chi connectivity index (χ1) is 13.2. The van der Waals surface area contributed by atoms with Crippen molar-refractivity contribution in [2.75, 3.05) is 35.3 Å². The largest absolute Gasteiger partial charge is 0.497 e. The Kier molecular flexibility index (Phi) is 5.12. The minimum absolute atomic E-state index is 0.323. The molecule has 2 aliphatic rings. The zero-order chi connectivity index (χ0) is 20.7. The van der Waals surface area contributed by atoms with E-state index < -0.39 is 35.9 Å². The fourth-order valence-corrected chi connectivity index (χ4v) is 4.14. The summed E-state index contributed by atoms with van der Waals surface area (Å²) in [6.45, 7) is 0. The lowest BCUT2D eigenvalue weighted by atomic mass is 9.70. The minimum atomic E-state index is -1.05. The van der Waals surface area contributed by atoms with Crippen molar-refractivity contribution >= 4 is 11.9 Å². The summed E-state index contributed by atoms with van der Waals surface area (Å²) >= 11 is 0. The van der Waals surface area contributed by atoms with Crippen molar-refractivity contribution in [2.45, 2.75) is 18.0 Å². The summed E-state index contributed by atoms with van der Waals surface area (Å²) in [7, 11) is 8.04. The normalized spacial score (nSPS) is 27.6. The Hall–Kier alpha value is -2.94. The molecule has 0 bridgehead atoms. The average molecular weight is 388 g/mol. The molecule has 1 aromatic rings. The number of amides is 3. The molecular formula is C19H24N4O5. The molecule has 1 saturated heterocycles. The summed E-state index contributed by atoms with van der Waals surface area (Å²) in [6.07, 6.45) is 1.68. The molecule has 9 heteroatoms. The van der Waals surface area contributed by atoms with E-state index in [4.69, 9.17) is 4.74 Å². The van der Waals surface area contributed by atoms with E-state index in [0.29, 0.717) is 17.0 Å². The van der Waals surface area contributed by atoms with E-state index in [-0.39, 0.29) is 4.92 Å². The Morgan fingerprint density at radius 1 is 1.11 bits per heavy atom. The van der Waals surface area contributed by atoms with Gasteiger partial charge in [-0.3, -0.25) is 24.7 Å². The van der Waals surface area contributed by atoms with Crippen molar-refractivity contribution < 1.29 is 19.2 Å². The topological polar surface area (TPSA) is 96.2 Å². The molecule has 0 radical (unpaired) electrons. The Morgan fingerprint density at radius 2 is 1.71 bits per heavy atom. The van der Waals surface area contributed by atoms with Crippen LogP contribution in [0.2, 0.25) is 0 Å². The summed E-state index contributed by atoms with van der Waals surface area (Å²) in [5.41, 5.74) is 1.17. The van der Waals surface area contributed by atoms with Crippen LogP contribution in [0.25, 0.3) is 0 Å². The maximum absolute atomic E-state index is 13.0. The number of imide groups is 1. The highest BCUT2D eigenvalue weighted by atomic mass is 16.6. The molecule has 3 rings (SSSR count). The van der Waals surface area contributed by atoms with E-state index in [9.17, 15) is 19.7 Å².